The number of nitrogens with one attached hydrogen (secondary N) is 2. The summed E-state index contributed by atoms with van der Waals surface area (Å²) in [6.07, 6.45) is 5.72. The molecule has 0 radical (unpaired) electrons. The SMILES string of the molecule is COP(=O)(O)OCCCCCCNC(=O)CCOCCOCCNC(=O)CCN1C(=O)C=CC1=O. The van der Waals surface area contributed by atoms with Gasteiger partial charge in [0.15, 0.2) is 0 Å². The number of carbonyl (C=O) groups excluding carboxylic acids is 4. The molecule has 0 aliphatic carbocycles. The molecule has 14 heteroatoms. The molecule has 1 rings (SSSR count). The van der Waals surface area contributed by atoms with Crippen molar-refractivity contribution in [1.82, 2.24) is 15.5 Å². The van der Waals surface area contributed by atoms with Gasteiger partial charge in [0, 0.05) is 51.7 Å². The summed E-state index contributed by atoms with van der Waals surface area (Å²) in [5.74, 6) is -1.21. The Morgan fingerprint density at radius 3 is 2.14 bits per heavy atom. The van der Waals surface area contributed by atoms with Crippen molar-refractivity contribution in [2.45, 2.75) is 38.5 Å². The van der Waals surface area contributed by atoms with Crippen LogP contribution in [-0.4, -0.2) is 93.2 Å². The molecule has 1 atom stereocenters. The fourth-order valence-corrected chi connectivity index (χ4v) is 3.30. The molecule has 1 unspecified atom stereocenters. The van der Waals surface area contributed by atoms with Gasteiger partial charge in [-0.1, -0.05) is 12.8 Å². The minimum absolute atomic E-state index is 0.0307. The van der Waals surface area contributed by atoms with Gasteiger partial charge in [0.05, 0.1) is 33.0 Å². The zero-order valence-electron chi connectivity index (χ0n) is 20.1. The molecule has 0 saturated heterocycles. The number of phosphoric ester groups is 1. The van der Waals surface area contributed by atoms with Gasteiger partial charge in [-0.3, -0.25) is 33.1 Å². The van der Waals surface area contributed by atoms with E-state index in [-0.39, 0.29) is 51.0 Å². The predicted octanol–water partition coefficient (Wildman–Crippen LogP) is 0.281. The molecule has 0 saturated carbocycles. The molecule has 0 aromatic heterocycles. The lowest BCUT2D eigenvalue weighted by Gasteiger charge is -2.13. The van der Waals surface area contributed by atoms with Crippen LogP contribution in [0.5, 0.6) is 0 Å². The summed E-state index contributed by atoms with van der Waals surface area (Å²) in [7, 11) is -2.78. The summed E-state index contributed by atoms with van der Waals surface area (Å²) in [5, 5.41) is 5.44. The summed E-state index contributed by atoms with van der Waals surface area (Å²) >= 11 is 0. The highest BCUT2D eigenvalue weighted by molar-refractivity contribution is 7.47. The second kappa shape index (κ2) is 18.2. The van der Waals surface area contributed by atoms with Crippen LogP contribution < -0.4 is 10.6 Å². The molecule has 1 aliphatic rings. The molecule has 0 bridgehead atoms. The number of unbranched alkanes of at least 4 members (excludes halogenated alkanes) is 3. The predicted molar refractivity (Wildman–Crippen MR) is 124 cm³/mol. The normalized spacial score (nSPS) is 14.9. The maximum atomic E-state index is 11.7. The van der Waals surface area contributed by atoms with Gasteiger partial charge in [0.25, 0.3) is 11.8 Å². The summed E-state index contributed by atoms with van der Waals surface area (Å²) in [6, 6.07) is 0. The van der Waals surface area contributed by atoms with Gasteiger partial charge in [0.1, 0.15) is 0 Å². The van der Waals surface area contributed by atoms with Crippen LogP contribution in [0, 0.1) is 0 Å². The molecule has 13 nitrogen and oxygen atoms in total. The summed E-state index contributed by atoms with van der Waals surface area (Å²) in [5.41, 5.74) is 0. The van der Waals surface area contributed by atoms with Gasteiger partial charge in [-0.05, 0) is 12.8 Å². The van der Waals surface area contributed by atoms with Crippen LogP contribution in [0.25, 0.3) is 0 Å². The lowest BCUT2D eigenvalue weighted by molar-refractivity contribution is -0.137. The van der Waals surface area contributed by atoms with Crippen LogP contribution >= 0.6 is 7.82 Å². The smallest absolute Gasteiger partial charge is 0.379 e. The highest BCUT2D eigenvalue weighted by Crippen LogP contribution is 2.41. The third kappa shape index (κ3) is 15.5. The van der Waals surface area contributed by atoms with Crippen LogP contribution in [0.15, 0.2) is 12.2 Å². The highest BCUT2D eigenvalue weighted by Gasteiger charge is 2.23. The minimum Gasteiger partial charge on any atom is -0.379 e. The molecule has 0 aromatic rings. The first-order valence-corrected chi connectivity index (χ1v) is 13.0. The maximum Gasteiger partial charge on any atom is 0.471 e. The van der Waals surface area contributed by atoms with E-state index >= 15 is 0 Å². The van der Waals surface area contributed by atoms with Crippen molar-refractivity contribution < 1.29 is 47.2 Å². The Morgan fingerprint density at radius 2 is 1.46 bits per heavy atom. The Kier molecular flexibility index (Phi) is 16.0. The van der Waals surface area contributed by atoms with Gasteiger partial charge in [-0.2, -0.15) is 0 Å². The summed E-state index contributed by atoms with van der Waals surface area (Å²) in [4.78, 5) is 56.3. The lowest BCUT2D eigenvalue weighted by atomic mass is 10.2. The first-order chi connectivity index (χ1) is 16.7. The molecule has 200 valence electrons. The Balaban J connectivity index is 1.83. The highest BCUT2D eigenvalue weighted by atomic mass is 31.2. The monoisotopic (exact) mass is 521 g/mol. The van der Waals surface area contributed by atoms with Crippen molar-refractivity contribution in [3.63, 3.8) is 0 Å². The van der Waals surface area contributed by atoms with E-state index < -0.39 is 19.6 Å². The van der Waals surface area contributed by atoms with Crippen LogP contribution in [-0.2, 0) is 42.3 Å². The molecule has 0 fully saturated rings. The number of imide groups is 1. The summed E-state index contributed by atoms with van der Waals surface area (Å²) < 4.78 is 30.8. The quantitative estimate of drug-likeness (QED) is 0.108. The topological polar surface area (TPSA) is 170 Å². The zero-order chi connectivity index (χ0) is 25.9. The van der Waals surface area contributed by atoms with Crippen LogP contribution in [0.1, 0.15) is 38.5 Å². The van der Waals surface area contributed by atoms with Crippen molar-refractivity contribution >= 4 is 31.5 Å². The molecule has 1 aliphatic heterocycles. The number of carbonyl (C=O) groups is 4. The van der Waals surface area contributed by atoms with Crippen molar-refractivity contribution in [2.75, 3.05) is 59.8 Å². The van der Waals surface area contributed by atoms with Gasteiger partial charge in [-0.25, -0.2) is 4.57 Å². The number of amides is 4. The van der Waals surface area contributed by atoms with E-state index in [1.165, 1.54) is 12.2 Å². The number of hydrogen-bond donors (Lipinski definition) is 3. The van der Waals surface area contributed by atoms with E-state index in [9.17, 15) is 23.7 Å². The molecular formula is C21H36N3O10P. The van der Waals surface area contributed by atoms with E-state index in [0.717, 1.165) is 31.3 Å². The van der Waals surface area contributed by atoms with Crippen molar-refractivity contribution in [2.24, 2.45) is 0 Å². The van der Waals surface area contributed by atoms with Crippen LogP contribution in [0.4, 0.5) is 0 Å². The second-order valence-electron chi connectivity index (χ2n) is 7.48. The Bertz CT molecular complexity index is 744. The van der Waals surface area contributed by atoms with E-state index in [1.807, 2.05) is 0 Å². The van der Waals surface area contributed by atoms with E-state index in [1.54, 1.807) is 0 Å². The van der Waals surface area contributed by atoms with Crippen LogP contribution in [0.3, 0.4) is 0 Å². The van der Waals surface area contributed by atoms with E-state index in [4.69, 9.17) is 18.9 Å². The minimum atomic E-state index is -3.90. The number of phosphoric acid groups is 1. The molecule has 0 aromatic carbocycles. The lowest BCUT2D eigenvalue weighted by Crippen LogP contribution is -2.35. The molecule has 3 N–H and O–H groups in total. The molecule has 35 heavy (non-hydrogen) atoms. The Hall–Kier alpha value is -2.15. The molecule has 0 spiro atoms. The van der Waals surface area contributed by atoms with E-state index in [0.29, 0.717) is 32.7 Å². The Morgan fingerprint density at radius 1 is 0.857 bits per heavy atom. The maximum absolute atomic E-state index is 11.7. The first-order valence-electron chi connectivity index (χ1n) is 11.5. The Labute approximate surface area is 205 Å². The fourth-order valence-electron chi connectivity index (χ4n) is 2.83. The third-order valence-electron chi connectivity index (χ3n) is 4.76. The number of rotatable bonds is 21. The standard InChI is InChI=1S/C21H36N3O10P/c1-31-35(29,30)34-13-5-3-2-4-10-22-19(26)9-14-32-16-17-33-15-11-23-18(25)8-12-24-20(27)6-7-21(24)28/h6-7H,2-5,8-17H2,1H3,(H,22,26)(H,23,25)(H,29,30). The largest absolute Gasteiger partial charge is 0.471 e. The van der Waals surface area contributed by atoms with Gasteiger partial charge in [-0.15, -0.1) is 0 Å². The second-order valence-corrected chi connectivity index (χ2v) is 9.05. The van der Waals surface area contributed by atoms with E-state index in [2.05, 4.69) is 15.2 Å². The van der Waals surface area contributed by atoms with Crippen LogP contribution in [0.2, 0.25) is 0 Å². The van der Waals surface area contributed by atoms with Crippen molar-refractivity contribution in [1.29, 1.82) is 0 Å². The van der Waals surface area contributed by atoms with Crippen molar-refractivity contribution in [3.8, 4) is 0 Å². The summed E-state index contributed by atoms with van der Waals surface area (Å²) in [6.45, 7) is 2.23. The molecular weight excluding hydrogens is 485 g/mol. The number of ether oxygens (including phenoxy) is 2. The van der Waals surface area contributed by atoms with Gasteiger partial charge >= 0.3 is 7.82 Å². The first kappa shape index (κ1) is 30.9. The molecule has 1 heterocycles. The third-order valence-corrected chi connectivity index (χ3v) is 5.73. The number of hydrogen-bond acceptors (Lipinski definition) is 9. The fraction of sp³-hybridized carbons (Fsp3) is 0.714. The average molecular weight is 522 g/mol. The van der Waals surface area contributed by atoms with Gasteiger partial charge in [0.2, 0.25) is 11.8 Å². The molecule has 4 amide bonds. The number of nitrogens with zero attached hydrogens (tertiary/aromatic N) is 1. The average Bonchev–Trinajstić information content (AvgIpc) is 3.15. The van der Waals surface area contributed by atoms with Gasteiger partial charge < -0.3 is 25.0 Å². The van der Waals surface area contributed by atoms with Crippen molar-refractivity contribution in [3.05, 3.63) is 12.2 Å². The zero-order valence-corrected chi connectivity index (χ0v) is 21.0.